The van der Waals surface area contributed by atoms with Crippen LogP contribution in [0.15, 0.2) is 24.3 Å². The molecule has 0 amide bonds. The molecule has 2 rings (SSSR count). The SMILES string of the molecule is COc1cccc(C(O)CN2CCC(C)CC2C)c1. The fourth-order valence-corrected chi connectivity index (χ4v) is 2.90. The second-order valence-corrected chi connectivity index (χ2v) is 5.77. The first-order chi connectivity index (χ1) is 9.10. The topological polar surface area (TPSA) is 32.7 Å². The van der Waals surface area contributed by atoms with Crippen molar-refractivity contribution in [2.24, 2.45) is 5.92 Å². The molecule has 1 saturated heterocycles. The summed E-state index contributed by atoms with van der Waals surface area (Å²) in [5.41, 5.74) is 0.935. The summed E-state index contributed by atoms with van der Waals surface area (Å²) in [6.45, 7) is 6.37. The van der Waals surface area contributed by atoms with Gasteiger partial charge in [-0.3, -0.25) is 4.90 Å². The number of hydrogen-bond donors (Lipinski definition) is 1. The molecular weight excluding hydrogens is 238 g/mol. The van der Waals surface area contributed by atoms with Crippen molar-refractivity contribution in [3.63, 3.8) is 0 Å². The monoisotopic (exact) mass is 263 g/mol. The van der Waals surface area contributed by atoms with E-state index in [1.165, 1.54) is 12.8 Å². The van der Waals surface area contributed by atoms with Gasteiger partial charge in [-0.1, -0.05) is 19.1 Å². The Bertz CT molecular complexity index is 407. The van der Waals surface area contributed by atoms with Crippen LogP contribution in [0.5, 0.6) is 5.75 Å². The normalized spacial score (nSPS) is 26.1. The van der Waals surface area contributed by atoms with Gasteiger partial charge in [-0.15, -0.1) is 0 Å². The Labute approximate surface area is 116 Å². The zero-order valence-electron chi connectivity index (χ0n) is 12.2. The maximum Gasteiger partial charge on any atom is 0.119 e. The summed E-state index contributed by atoms with van der Waals surface area (Å²) in [6, 6.07) is 8.27. The molecular formula is C16H25NO2. The van der Waals surface area contributed by atoms with Gasteiger partial charge >= 0.3 is 0 Å². The molecule has 1 fully saturated rings. The van der Waals surface area contributed by atoms with Gasteiger partial charge in [-0.2, -0.15) is 0 Å². The van der Waals surface area contributed by atoms with Gasteiger partial charge in [0.25, 0.3) is 0 Å². The maximum absolute atomic E-state index is 10.4. The van der Waals surface area contributed by atoms with Crippen LogP contribution < -0.4 is 4.74 Å². The predicted molar refractivity (Wildman–Crippen MR) is 77.4 cm³/mol. The van der Waals surface area contributed by atoms with Crippen LogP contribution >= 0.6 is 0 Å². The molecule has 1 aliphatic rings. The van der Waals surface area contributed by atoms with Gasteiger partial charge in [0.2, 0.25) is 0 Å². The first kappa shape index (κ1) is 14.4. The minimum absolute atomic E-state index is 0.439. The van der Waals surface area contributed by atoms with Gasteiger partial charge in [0.1, 0.15) is 5.75 Å². The van der Waals surface area contributed by atoms with Gasteiger partial charge in [-0.25, -0.2) is 0 Å². The lowest BCUT2D eigenvalue weighted by atomic mass is 9.93. The summed E-state index contributed by atoms with van der Waals surface area (Å²) >= 11 is 0. The van der Waals surface area contributed by atoms with Crippen LogP contribution in [-0.2, 0) is 0 Å². The third-order valence-corrected chi connectivity index (χ3v) is 4.16. The Hall–Kier alpha value is -1.06. The van der Waals surface area contributed by atoms with E-state index in [1.807, 2.05) is 24.3 Å². The number of ether oxygens (including phenoxy) is 1. The van der Waals surface area contributed by atoms with E-state index in [4.69, 9.17) is 4.74 Å². The molecule has 0 bridgehead atoms. The van der Waals surface area contributed by atoms with Crippen molar-refractivity contribution < 1.29 is 9.84 Å². The van der Waals surface area contributed by atoms with Gasteiger partial charge in [-0.05, 0) is 49.9 Å². The molecule has 19 heavy (non-hydrogen) atoms. The van der Waals surface area contributed by atoms with Crippen molar-refractivity contribution in [1.29, 1.82) is 0 Å². The predicted octanol–water partition coefficient (Wildman–Crippen LogP) is 2.85. The minimum atomic E-state index is -0.439. The van der Waals surface area contributed by atoms with Crippen molar-refractivity contribution in [1.82, 2.24) is 4.90 Å². The van der Waals surface area contributed by atoms with E-state index in [-0.39, 0.29) is 0 Å². The maximum atomic E-state index is 10.4. The van der Waals surface area contributed by atoms with E-state index in [2.05, 4.69) is 18.7 Å². The molecule has 1 heterocycles. The summed E-state index contributed by atoms with van der Waals surface area (Å²) < 4.78 is 5.21. The van der Waals surface area contributed by atoms with Crippen molar-refractivity contribution in [3.05, 3.63) is 29.8 Å². The van der Waals surface area contributed by atoms with E-state index < -0.39 is 6.10 Å². The molecule has 1 aliphatic heterocycles. The van der Waals surface area contributed by atoms with E-state index in [0.717, 1.165) is 23.8 Å². The lowest BCUT2D eigenvalue weighted by molar-refractivity contribution is 0.0600. The van der Waals surface area contributed by atoms with Crippen LogP contribution in [0.3, 0.4) is 0 Å². The Morgan fingerprint density at radius 2 is 2.21 bits per heavy atom. The number of β-amino-alcohol motifs (C(OH)–C–C–N with tert-alkyl or cyclic N) is 1. The number of nitrogens with zero attached hydrogens (tertiary/aromatic N) is 1. The minimum Gasteiger partial charge on any atom is -0.497 e. The second-order valence-electron chi connectivity index (χ2n) is 5.77. The van der Waals surface area contributed by atoms with Gasteiger partial charge < -0.3 is 9.84 Å². The highest BCUT2D eigenvalue weighted by Crippen LogP contribution is 2.25. The molecule has 1 aromatic rings. The molecule has 3 heteroatoms. The number of methoxy groups -OCH3 is 1. The smallest absolute Gasteiger partial charge is 0.119 e. The molecule has 3 atom stereocenters. The average molecular weight is 263 g/mol. The first-order valence-electron chi connectivity index (χ1n) is 7.16. The zero-order valence-corrected chi connectivity index (χ0v) is 12.2. The largest absolute Gasteiger partial charge is 0.497 e. The van der Waals surface area contributed by atoms with E-state index >= 15 is 0 Å². The number of aliphatic hydroxyl groups excluding tert-OH is 1. The zero-order chi connectivity index (χ0) is 13.8. The molecule has 3 unspecified atom stereocenters. The highest BCUT2D eigenvalue weighted by atomic mass is 16.5. The molecule has 1 N–H and O–H groups in total. The van der Waals surface area contributed by atoms with Gasteiger partial charge in [0.15, 0.2) is 0 Å². The Morgan fingerprint density at radius 3 is 2.89 bits per heavy atom. The number of benzene rings is 1. The van der Waals surface area contributed by atoms with Crippen molar-refractivity contribution in [3.8, 4) is 5.75 Å². The van der Waals surface area contributed by atoms with Crippen LogP contribution in [0.2, 0.25) is 0 Å². The Kier molecular flexibility index (Phi) is 4.83. The summed E-state index contributed by atoms with van der Waals surface area (Å²) in [7, 11) is 1.65. The number of hydrogen-bond acceptors (Lipinski definition) is 3. The van der Waals surface area contributed by atoms with E-state index in [1.54, 1.807) is 7.11 Å². The van der Waals surface area contributed by atoms with Crippen LogP contribution in [0.4, 0.5) is 0 Å². The summed E-state index contributed by atoms with van der Waals surface area (Å²) in [4.78, 5) is 2.39. The third-order valence-electron chi connectivity index (χ3n) is 4.16. The molecule has 0 radical (unpaired) electrons. The van der Waals surface area contributed by atoms with Crippen molar-refractivity contribution >= 4 is 0 Å². The van der Waals surface area contributed by atoms with E-state index in [9.17, 15) is 5.11 Å². The number of likely N-dealkylation sites (tertiary alicyclic amines) is 1. The highest BCUT2D eigenvalue weighted by Gasteiger charge is 2.24. The van der Waals surface area contributed by atoms with E-state index in [0.29, 0.717) is 12.6 Å². The highest BCUT2D eigenvalue weighted by molar-refractivity contribution is 5.29. The molecule has 3 nitrogen and oxygen atoms in total. The molecule has 0 aromatic heterocycles. The fourth-order valence-electron chi connectivity index (χ4n) is 2.90. The lowest BCUT2D eigenvalue weighted by Gasteiger charge is -2.37. The second kappa shape index (κ2) is 6.40. The molecule has 0 aliphatic carbocycles. The molecule has 0 saturated carbocycles. The Morgan fingerprint density at radius 1 is 1.42 bits per heavy atom. The van der Waals surface area contributed by atoms with Gasteiger partial charge in [0, 0.05) is 12.6 Å². The molecule has 106 valence electrons. The number of aliphatic hydroxyl groups is 1. The average Bonchev–Trinajstić information content (AvgIpc) is 2.42. The summed E-state index contributed by atoms with van der Waals surface area (Å²) in [5, 5.41) is 10.4. The fraction of sp³-hybridized carbons (Fsp3) is 0.625. The number of piperidine rings is 1. The quantitative estimate of drug-likeness (QED) is 0.906. The first-order valence-corrected chi connectivity index (χ1v) is 7.16. The van der Waals surface area contributed by atoms with Crippen molar-refractivity contribution in [2.45, 2.75) is 38.8 Å². The Balaban J connectivity index is 1.98. The number of rotatable bonds is 4. The molecule has 0 spiro atoms. The van der Waals surface area contributed by atoms with Crippen LogP contribution in [0.25, 0.3) is 0 Å². The summed E-state index contributed by atoms with van der Waals surface area (Å²) in [5.74, 6) is 1.61. The van der Waals surface area contributed by atoms with Gasteiger partial charge in [0.05, 0.1) is 13.2 Å². The van der Waals surface area contributed by atoms with Crippen LogP contribution in [0.1, 0.15) is 38.4 Å². The lowest BCUT2D eigenvalue weighted by Crippen LogP contribution is -2.42. The summed E-state index contributed by atoms with van der Waals surface area (Å²) in [6.07, 6.45) is 2.02. The van der Waals surface area contributed by atoms with Crippen LogP contribution in [0, 0.1) is 5.92 Å². The van der Waals surface area contributed by atoms with Crippen LogP contribution in [-0.4, -0.2) is 36.2 Å². The molecule has 1 aromatic carbocycles. The third kappa shape index (κ3) is 3.71. The van der Waals surface area contributed by atoms with Crippen molar-refractivity contribution in [2.75, 3.05) is 20.2 Å². The standard InChI is InChI=1S/C16H25NO2/c1-12-7-8-17(13(2)9-12)11-16(18)14-5-4-6-15(10-14)19-3/h4-6,10,12-13,16,18H,7-9,11H2,1-3H3.